The van der Waals surface area contributed by atoms with Gasteiger partial charge in [-0.25, -0.2) is 0 Å². The molecule has 6 nitrogen and oxygen atoms in total. The summed E-state index contributed by atoms with van der Waals surface area (Å²) in [5, 5.41) is 11.4. The average molecular weight is 472 g/mol. The van der Waals surface area contributed by atoms with E-state index in [0.717, 1.165) is 12.0 Å². The van der Waals surface area contributed by atoms with Crippen molar-refractivity contribution in [3.63, 3.8) is 0 Å². The Bertz CT molecular complexity index is 1260. The second-order valence-corrected chi connectivity index (χ2v) is 8.39. The van der Waals surface area contributed by atoms with Gasteiger partial charge in [0, 0.05) is 11.3 Å². The summed E-state index contributed by atoms with van der Waals surface area (Å²) in [5.41, 5.74) is 2.70. The van der Waals surface area contributed by atoms with Gasteiger partial charge in [0.05, 0.1) is 24.8 Å². The molecule has 1 heterocycles. The van der Waals surface area contributed by atoms with E-state index in [-0.39, 0.29) is 11.3 Å². The number of nitrogens with zero attached hydrogens (tertiary/aromatic N) is 1. The zero-order valence-electron chi connectivity index (χ0n) is 20.2. The van der Waals surface area contributed by atoms with Gasteiger partial charge in [0.1, 0.15) is 17.3 Å². The minimum absolute atomic E-state index is 0.0249. The van der Waals surface area contributed by atoms with Gasteiger partial charge < -0.3 is 14.6 Å². The van der Waals surface area contributed by atoms with Crippen molar-refractivity contribution >= 4 is 23.1 Å². The van der Waals surface area contributed by atoms with Crippen molar-refractivity contribution in [3.8, 4) is 11.5 Å². The predicted molar refractivity (Wildman–Crippen MR) is 136 cm³/mol. The second-order valence-electron chi connectivity index (χ2n) is 8.39. The van der Waals surface area contributed by atoms with Gasteiger partial charge >= 0.3 is 0 Å². The van der Waals surface area contributed by atoms with Crippen LogP contribution in [0.15, 0.2) is 78.4 Å². The number of amides is 1. The fraction of sp³-hybridized carbons (Fsp3) is 0.241. The number of ether oxygens (including phenoxy) is 2. The lowest BCUT2D eigenvalue weighted by molar-refractivity contribution is -0.132. The van der Waals surface area contributed by atoms with Gasteiger partial charge in [0.25, 0.3) is 11.7 Å². The maximum absolute atomic E-state index is 13.4. The SMILES string of the molecule is CCCOc1cccc(/C(O)=C2/C(=O)C(=O)N(c3ccc(C)cc3)C2c2cccc(OCC)c2)c1. The van der Waals surface area contributed by atoms with E-state index in [9.17, 15) is 14.7 Å². The number of aliphatic hydroxyl groups excluding tert-OH is 1. The molecule has 180 valence electrons. The Labute approximate surface area is 205 Å². The summed E-state index contributed by atoms with van der Waals surface area (Å²) in [6, 6.07) is 20.7. The number of rotatable bonds is 8. The number of aliphatic hydroxyl groups is 1. The highest BCUT2D eigenvalue weighted by Crippen LogP contribution is 2.43. The molecule has 0 aromatic heterocycles. The Balaban J connectivity index is 1.89. The van der Waals surface area contributed by atoms with Crippen molar-refractivity contribution < 1.29 is 24.2 Å². The standard InChI is InChI=1S/C29H29NO5/c1-4-16-35-24-11-7-9-21(18-24)27(31)25-26(20-8-6-10-23(17-20)34-5-2)30(29(33)28(25)32)22-14-12-19(3)13-15-22/h6-15,17-18,26,31H,4-5,16H2,1-3H3/b27-25-. The van der Waals surface area contributed by atoms with E-state index in [4.69, 9.17) is 9.47 Å². The van der Waals surface area contributed by atoms with E-state index < -0.39 is 17.7 Å². The topological polar surface area (TPSA) is 76.1 Å². The van der Waals surface area contributed by atoms with Gasteiger partial charge in [-0.2, -0.15) is 0 Å². The van der Waals surface area contributed by atoms with E-state index in [1.165, 1.54) is 4.90 Å². The van der Waals surface area contributed by atoms with E-state index in [0.29, 0.717) is 41.5 Å². The zero-order chi connectivity index (χ0) is 24.9. The van der Waals surface area contributed by atoms with Crippen molar-refractivity contribution in [1.82, 2.24) is 0 Å². The number of anilines is 1. The van der Waals surface area contributed by atoms with Crippen molar-refractivity contribution in [3.05, 3.63) is 95.1 Å². The van der Waals surface area contributed by atoms with Crippen LogP contribution in [0.25, 0.3) is 5.76 Å². The third-order valence-corrected chi connectivity index (χ3v) is 5.82. The lowest BCUT2D eigenvalue weighted by atomic mass is 9.95. The van der Waals surface area contributed by atoms with Crippen molar-refractivity contribution in [1.29, 1.82) is 0 Å². The lowest BCUT2D eigenvalue weighted by Gasteiger charge is -2.26. The van der Waals surface area contributed by atoms with Gasteiger partial charge in [-0.15, -0.1) is 0 Å². The number of hydrogen-bond acceptors (Lipinski definition) is 5. The van der Waals surface area contributed by atoms with Gasteiger partial charge in [0.2, 0.25) is 0 Å². The Morgan fingerprint density at radius 3 is 2.29 bits per heavy atom. The molecule has 1 saturated heterocycles. The largest absolute Gasteiger partial charge is 0.507 e. The predicted octanol–water partition coefficient (Wildman–Crippen LogP) is 5.81. The molecular weight excluding hydrogens is 442 g/mol. The molecule has 4 rings (SSSR count). The van der Waals surface area contributed by atoms with E-state index >= 15 is 0 Å². The molecule has 0 radical (unpaired) electrons. The maximum Gasteiger partial charge on any atom is 0.300 e. The molecule has 1 aliphatic heterocycles. The number of Topliss-reactive ketones (excluding diaryl/α,β-unsaturated/α-hetero) is 1. The minimum Gasteiger partial charge on any atom is -0.507 e. The molecule has 0 bridgehead atoms. The molecular formula is C29H29NO5. The highest BCUT2D eigenvalue weighted by atomic mass is 16.5. The van der Waals surface area contributed by atoms with Crippen LogP contribution in [0.2, 0.25) is 0 Å². The lowest BCUT2D eigenvalue weighted by Crippen LogP contribution is -2.29. The van der Waals surface area contributed by atoms with E-state index in [1.807, 2.05) is 51.1 Å². The van der Waals surface area contributed by atoms with Crippen LogP contribution in [0.3, 0.4) is 0 Å². The highest BCUT2D eigenvalue weighted by molar-refractivity contribution is 6.51. The monoisotopic (exact) mass is 471 g/mol. The number of benzene rings is 3. The number of hydrogen-bond donors (Lipinski definition) is 1. The maximum atomic E-state index is 13.4. The molecule has 1 aliphatic rings. The highest BCUT2D eigenvalue weighted by Gasteiger charge is 2.47. The van der Waals surface area contributed by atoms with Crippen molar-refractivity contribution in [2.75, 3.05) is 18.1 Å². The third-order valence-electron chi connectivity index (χ3n) is 5.82. The first kappa shape index (κ1) is 24.1. The molecule has 0 spiro atoms. The number of carbonyl (C=O) groups is 2. The van der Waals surface area contributed by atoms with Gasteiger partial charge in [-0.1, -0.05) is 48.9 Å². The molecule has 1 unspecified atom stereocenters. The summed E-state index contributed by atoms with van der Waals surface area (Å²) in [4.78, 5) is 28.1. The molecule has 35 heavy (non-hydrogen) atoms. The van der Waals surface area contributed by atoms with Crippen LogP contribution in [0, 0.1) is 6.92 Å². The molecule has 1 atom stereocenters. The quantitative estimate of drug-likeness (QED) is 0.255. The third kappa shape index (κ3) is 4.92. The Morgan fingerprint density at radius 2 is 1.60 bits per heavy atom. The normalized spacial score (nSPS) is 17.0. The van der Waals surface area contributed by atoms with E-state index in [2.05, 4.69) is 0 Å². The van der Waals surface area contributed by atoms with Crippen LogP contribution in [0.1, 0.15) is 43.0 Å². The summed E-state index contributed by atoms with van der Waals surface area (Å²) in [7, 11) is 0. The van der Waals surface area contributed by atoms with Crippen LogP contribution in [0.4, 0.5) is 5.69 Å². The molecule has 1 N–H and O–H groups in total. The van der Waals surface area contributed by atoms with E-state index in [1.54, 1.807) is 42.5 Å². The number of aryl methyl sites for hydroxylation is 1. The number of carbonyl (C=O) groups excluding carboxylic acids is 2. The molecule has 0 saturated carbocycles. The summed E-state index contributed by atoms with van der Waals surface area (Å²) in [5.74, 6) is -0.477. The van der Waals surface area contributed by atoms with Crippen LogP contribution in [-0.2, 0) is 9.59 Å². The summed E-state index contributed by atoms with van der Waals surface area (Å²) in [6.07, 6.45) is 0.841. The molecule has 0 aliphatic carbocycles. The summed E-state index contributed by atoms with van der Waals surface area (Å²) in [6.45, 7) is 6.86. The first-order valence-electron chi connectivity index (χ1n) is 11.8. The van der Waals surface area contributed by atoms with Crippen molar-refractivity contribution in [2.24, 2.45) is 0 Å². The van der Waals surface area contributed by atoms with Crippen molar-refractivity contribution in [2.45, 2.75) is 33.2 Å². The Hall–Kier alpha value is -4.06. The first-order chi connectivity index (χ1) is 16.9. The fourth-order valence-corrected chi connectivity index (χ4v) is 4.17. The Kier molecular flexibility index (Phi) is 7.20. The molecule has 6 heteroatoms. The minimum atomic E-state index is -0.821. The molecule has 1 amide bonds. The zero-order valence-corrected chi connectivity index (χ0v) is 20.2. The molecule has 3 aromatic rings. The molecule has 3 aromatic carbocycles. The van der Waals surface area contributed by atoms with Gasteiger partial charge in [0.15, 0.2) is 0 Å². The average Bonchev–Trinajstić information content (AvgIpc) is 3.13. The van der Waals surface area contributed by atoms with Crippen LogP contribution < -0.4 is 14.4 Å². The number of ketones is 1. The Morgan fingerprint density at radius 1 is 0.914 bits per heavy atom. The van der Waals surface area contributed by atoms with Gasteiger partial charge in [-0.3, -0.25) is 14.5 Å². The van der Waals surface area contributed by atoms with Crippen LogP contribution >= 0.6 is 0 Å². The van der Waals surface area contributed by atoms with Crippen LogP contribution in [0.5, 0.6) is 11.5 Å². The van der Waals surface area contributed by atoms with Gasteiger partial charge in [-0.05, 0) is 62.2 Å². The summed E-state index contributed by atoms with van der Waals surface area (Å²) >= 11 is 0. The second kappa shape index (κ2) is 10.5. The molecule has 1 fully saturated rings. The van der Waals surface area contributed by atoms with Crippen LogP contribution in [-0.4, -0.2) is 30.0 Å². The fourth-order valence-electron chi connectivity index (χ4n) is 4.17. The first-order valence-corrected chi connectivity index (χ1v) is 11.8. The summed E-state index contributed by atoms with van der Waals surface area (Å²) < 4.78 is 11.4. The smallest absolute Gasteiger partial charge is 0.300 e.